The highest BCUT2D eigenvalue weighted by Gasteiger charge is 2.16. The number of hydrogen-bond acceptors (Lipinski definition) is 3. The van der Waals surface area contributed by atoms with Crippen LogP contribution in [0.2, 0.25) is 0 Å². The predicted molar refractivity (Wildman–Crippen MR) is 88.4 cm³/mol. The lowest BCUT2D eigenvalue weighted by Gasteiger charge is -2.13. The summed E-state index contributed by atoms with van der Waals surface area (Å²) in [4.78, 5) is 0. The van der Waals surface area contributed by atoms with Gasteiger partial charge in [-0.2, -0.15) is 0 Å². The fourth-order valence-corrected chi connectivity index (χ4v) is 2.42. The van der Waals surface area contributed by atoms with Gasteiger partial charge in [0.2, 0.25) is 5.75 Å². The summed E-state index contributed by atoms with van der Waals surface area (Å²) in [5, 5.41) is 29.6. The van der Waals surface area contributed by atoms with E-state index in [-0.39, 0.29) is 11.5 Å². The van der Waals surface area contributed by atoms with E-state index >= 15 is 0 Å². The fourth-order valence-electron chi connectivity index (χ4n) is 2.42. The summed E-state index contributed by atoms with van der Waals surface area (Å²) in [6, 6.07) is 11.6. The third-order valence-electron chi connectivity index (χ3n) is 3.69. The summed E-state index contributed by atoms with van der Waals surface area (Å²) >= 11 is 0. The van der Waals surface area contributed by atoms with Crippen LogP contribution in [-0.4, -0.2) is 15.3 Å². The number of hydrogen-bond donors (Lipinski definition) is 3. The van der Waals surface area contributed by atoms with Gasteiger partial charge in [0.05, 0.1) is 0 Å². The molecule has 0 unspecified atom stereocenters. The van der Waals surface area contributed by atoms with Crippen LogP contribution in [0.5, 0.6) is 17.2 Å². The standard InChI is InChI=1S/C19H22O3/c1-13(2)8-11-16-15(12-17(20)19(22)18(16)21)10-9-14-6-4-3-5-7-14/h3-8,12,20-22H,9-11H2,1-2H3. The van der Waals surface area contributed by atoms with Crippen molar-refractivity contribution < 1.29 is 15.3 Å². The van der Waals surface area contributed by atoms with Gasteiger partial charge in [0, 0.05) is 5.56 Å². The van der Waals surface area contributed by atoms with Crippen LogP contribution in [0.3, 0.4) is 0 Å². The molecule has 3 N–H and O–H groups in total. The maximum absolute atomic E-state index is 10.1. The van der Waals surface area contributed by atoms with Crippen LogP contribution in [0.15, 0.2) is 48.0 Å². The van der Waals surface area contributed by atoms with E-state index in [1.165, 1.54) is 5.56 Å². The largest absolute Gasteiger partial charge is 0.504 e. The number of aryl methyl sites for hydroxylation is 2. The third kappa shape index (κ3) is 3.82. The molecule has 2 rings (SSSR count). The second-order valence-electron chi connectivity index (χ2n) is 5.70. The topological polar surface area (TPSA) is 60.7 Å². The first-order valence-corrected chi connectivity index (χ1v) is 7.42. The second-order valence-corrected chi connectivity index (χ2v) is 5.70. The van der Waals surface area contributed by atoms with E-state index in [1.54, 1.807) is 6.07 Å². The van der Waals surface area contributed by atoms with E-state index in [0.717, 1.165) is 17.6 Å². The van der Waals surface area contributed by atoms with Gasteiger partial charge in [-0.1, -0.05) is 42.0 Å². The van der Waals surface area contributed by atoms with Crippen molar-refractivity contribution in [3.63, 3.8) is 0 Å². The Morgan fingerprint density at radius 1 is 0.955 bits per heavy atom. The van der Waals surface area contributed by atoms with Gasteiger partial charge < -0.3 is 15.3 Å². The van der Waals surface area contributed by atoms with Crippen LogP contribution in [0.25, 0.3) is 0 Å². The molecule has 3 nitrogen and oxygen atoms in total. The van der Waals surface area contributed by atoms with Crippen LogP contribution in [0, 0.1) is 0 Å². The lowest BCUT2D eigenvalue weighted by atomic mass is 9.95. The van der Waals surface area contributed by atoms with Gasteiger partial charge in [-0.3, -0.25) is 0 Å². The fraction of sp³-hybridized carbons (Fsp3) is 0.263. The van der Waals surface area contributed by atoms with Gasteiger partial charge in [-0.05, 0) is 50.3 Å². The van der Waals surface area contributed by atoms with Crippen LogP contribution >= 0.6 is 0 Å². The van der Waals surface area contributed by atoms with Crippen LogP contribution < -0.4 is 0 Å². The molecule has 0 atom stereocenters. The molecule has 2 aromatic rings. The van der Waals surface area contributed by atoms with Crippen molar-refractivity contribution in [1.29, 1.82) is 0 Å². The molecule has 0 heterocycles. The van der Waals surface area contributed by atoms with Crippen LogP contribution in [-0.2, 0) is 19.3 Å². The summed E-state index contributed by atoms with van der Waals surface area (Å²) in [5.74, 6) is -0.942. The summed E-state index contributed by atoms with van der Waals surface area (Å²) in [7, 11) is 0. The highest BCUT2D eigenvalue weighted by molar-refractivity contribution is 5.57. The molecule has 0 radical (unpaired) electrons. The van der Waals surface area contributed by atoms with Crippen LogP contribution in [0.4, 0.5) is 0 Å². The lowest BCUT2D eigenvalue weighted by Crippen LogP contribution is -1.98. The molecule has 0 amide bonds. The average Bonchev–Trinajstić information content (AvgIpc) is 2.50. The lowest BCUT2D eigenvalue weighted by molar-refractivity contribution is 0.364. The Morgan fingerprint density at radius 2 is 1.64 bits per heavy atom. The predicted octanol–water partition coefficient (Wildman–Crippen LogP) is 4.10. The van der Waals surface area contributed by atoms with Crippen molar-refractivity contribution in [2.45, 2.75) is 33.1 Å². The molecule has 0 fully saturated rings. The molecule has 116 valence electrons. The molecular weight excluding hydrogens is 276 g/mol. The van der Waals surface area contributed by atoms with Crippen molar-refractivity contribution in [1.82, 2.24) is 0 Å². The quantitative estimate of drug-likeness (QED) is 0.575. The van der Waals surface area contributed by atoms with Gasteiger partial charge in [0.15, 0.2) is 11.5 Å². The van der Waals surface area contributed by atoms with Gasteiger partial charge in [-0.25, -0.2) is 0 Å². The van der Waals surface area contributed by atoms with E-state index in [1.807, 2.05) is 38.1 Å². The summed E-state index contributed by atoms with van der Waals surface area (Å²) in [6.07, 6.45) is 4.04. The van der Waals surface area contributed by atoms with Crippen molar-refractivity contribution in [2.75, 3.05) is 0 Å². The smallest absolute Gasteiger partial charge is 0.200 e. The highest BCUT2D eigenvalue weighted by atomic mass is 16.3. The van der Waals surface area contributed by atoms with Crippen molar-refractivity contribution in [2.24, 2.45) is 0 Å². The Balaban J connectivity index is 2.30. The van der Waals surface area contributed by atoms with Crippen molar-refractivity contribution in [3.8, 4) is 17.2 Å². The molecule has 0 bridgehead atoms. The van der Waals surface area contributed by atoms with Crippen molar-refractivity contribution >= 4 is 0 Å². The van der Waals surface area contributed by atoms with E-state index in [0.29, 0.717) is 18.4 Å². The molecule has 0 saturated carbocycles. The van der Waals surface area contributed by atoms with Crippen molar-refractivity contribution in [3.05, 3.63) is 64.7 Å². The Labute approximate surface area is 131 Å². The monoisotopic (exact) mass is 298 g/mol. The first-order chi connectivity index (χ1) is 10.5. The van der Waals surface area contributed by atoms with E-state index in [2.05, 4.69) is 12.1 Å². The zero-order chi connectivity index (χ0) is 16.1. The van der Waals surface area contributed by atoms with Gasteiger partial charge >= 0.3 is 0 Å². The summed E-state index contributed by atoms with van der Waals surface area (Å²) in [6.45, 7) is 3.97. The zero-order valence-corrected chi connectivity index (χ0v) is 13.0. The van der Waals surface area contributed by atoms with E-state index in [9.17, 15) is 15.3 Å². The first kappa shape index (κ1) is 16.0. The van der Waals surface area contributed by atoms with E-state index in [4.69, 9.17) is 0 Å². The molecule has 0 saturated heterocycles. The molecule has 22 heavy (non-hydrogen) atoms. The maximum Gasteiger partial charge on any atom is 0.200 e. The Bertz CT molecular complexity index is 669. The molecule has 0 aliphatic carbocycles. The van der Waals surface area contributed by atoms with Gasteiger partial charge in [0.25, 0.3) is 0 Å². The molecule has 3 heteroatoms. The minimum absolute atomic E-state index is 0.222. The third-order valence-corrected chi connectivity index (χ3v) is 3.69. The van der Waals surface area contributed by atoms with E-state index < -0.39 is 5.75 Å². The molecule has 2 aromatic carbocycles. The minimum Gasteiger partial charge on any atom is -0.504 e. The molecular formula is C19H22O3. The number of phenols is 3. The first-order valence-electron chi connectivity index (χ1n) is 7.42. The second kappa shape index (κ2) is 7.03. The minimum atomic E-state index is -0.444. The van der Waals surface area contributed by atoms with Crippen LogP contribution in [0.1, 0.15) is 30.5 Å². The number of phenolic OH excluding ortho intramolecular Hbond substituents is 3. The maximum atomic E-state index is 10.1. The highest BCUT2D eigenvalue weighted by Crippen LogP contribution is 2.40. The number of aromatic hydroxyl groups is 3. The summed E-state index contributed by atoms with van der Waals surface area (Å²) in [5.41, 5.74) is 3.87. The summed E-state index contributed by atoms with van der Waals surface area (Å²) < 4.78 is 0. The number of allylic oxidation sites excluding steroid dienone is 2. The van der Waals surface area contributed by atoms with Gasteiger partial charge in [-0.15, -0.1) is 0 Å². The van der Waals surface area contributed by atoms with Gasteiger partial charge in [0.1, 0.15) is 0 Å². The molecule has 0 aliphatic rings. The Kier molecular flexibility index (Phi) is 5.10. The zero-order valence-electron chi connectivity index (χ0n) is 13.0. The molecule has 0 aromatic heterocycles. The Hall–Kier alpha value is -2.42. The number of benzene rings is 2. The SMILES string of the molecule is CC(C)=CCc1c(CCc2ccccc2)cc(O)c(O)c1O. The average molecular weight is 298 g/mol. The molecule has 0 spiro atoms. The molecule has 0 aliphatic heterocycles. The normalized spacial score (nSPS) is 10.5. The number of rotatable bonds is 5. The Morgan fingerprint density at radius 3 is 2.27 bits per heavy atom.